The van der Waals surface area contributed by atoms with Crippen molar-refractivity contribution in [2.45, 2.75) is 5.57 Å². The topological polar surface area (TPSA) is 9.23 Å². The Balaban J connectivity index is 2.83. The van der Waals surface area contributed by atoms with Crippen LogP contribution >= 0.6 is 11.6 Å². The van der Waals surface area contributed by atoms with Gasteiger partial charge in [0.1, 0.15) is 0 Å². The van der Waals surface area contributed by atoms with Crippen molar-refractivity contribution >= 4 is 11.6 Å². The van der Waals surface area contributed by atoms with Crippen molar-refractivity contribution in [2.75, 3.05) is 0 Å². The average Bonchev–Trinajstić information content (AvgIpc) is 1.91. The lowest BCUT2D eigenvalue weighted by Gasteiger charge is -2.10. The smallest absolute Gasteiger partial charge is 0.417 e. The minimum atomic E-state index is -3.87. The molecule has 0 bridgehead atoms. The van der Waals surface area contributed by atoms with Crippen LogP contribution in [0, 0.1) is 5.82 Å². The van der Waals surface area contributed by atoms with Gasteiger partial charge >= 0.3 is 5.57 Å². The van der Waals surface area contributed by atoms with Gasteiger partial charge in [-0.15, -0.1) is 8.78 Å². The van der Waals surface area contributed by atoms with E-state index in [9.17, 15) is 13.2 Å². The van der Waals surface area contributed by atoms with Gasteiger partial charge in [-0.25, -0.2) is 4.39 Å². The molecule has 0 aromatic heterocycles. The Bertz CT molecular complexity index is 272. The molecule has 0 spiro atoms. The largest absolute Gasteiger partial charge is 0.487 e. The fraction of sp³-hybridized carbons (Fsp3) is 0.143. The lowest BCUT2D eigenvalue weighted by atomic mass is 10.3. The number of alkyl halides is 3. The second-order valence-electron chi connectivity index (χ2n) is 1.98. The molecular formula is C7H4ClF3O. The van der Waals surface area contributed by atoms with Gasteiger partial charge in [-0.1, -0.05) is 12.1 Å². The molecule has 5 heteroatoms. The maximum atomic E-state index is 12.6. The van der Waals surface area contributed by atoms with Crippen molar-refractivity contribution in [3.05, 3.63) is 30.1 Å². The van der Waals surface area contributed by atoms with Crippen LogP contribution in [0.5, 0.6) is 5.75 Å². The predicted octanol–water partition coefficient (Wildman–Crippen LogP) is 2.99. The Morgan fingerprint density at radius 2 is 1.83 bits per heavy atom. The van der Waals surface area contributed by atoms with Crippen LogP contribution in [-0.4, -0.2) is 5.57 Å². The number of rotatable bonds is 2. The molecule has 66 valence electrons. The summed E-state index contributed by atoms with van der Waals surface area (Å²) in [6.45, 7) is 0. The molecule has 0 atom stereocenters. The molecule has 0 radical (unpaired) electrons. The van der Waals surface area contributed by atoms with Crippen molar-refractivity contribution in [1.29, 1.82) is 0 Å². The fourth-order valence-corrected chi connectivity index (χ4v) is 0.735. The van der Waals surface area contributed by atoms with Crippen LogP contribution in [0.25, 0.3) is 0 Å². The van der Waals surface area contributed by atoms with Crippen molar-refractivity contribution in [1.82, 2.24) is 0 Å². The van der Waals surface area contributed by atoms with Gasteiger partial charge in [0.25, 0.3) is 0 Å². The minimum absolute atomic E-state index is 0.572. The Morgan fingerprint density at radius 3 is 2.33 bits per heavy atom. The Morgan fingerprint density at radius 1 is 1.25 bits per heavy atom. The molecular weight excluding hydrogens is 193 g/mol. The first kappa shape index (κ1) is 9.19. The van der Waals surface area contributed by atoms with Crippen molar-refractivity contribution < 1.29 is 17.9 Å². The summed E-state index contributed by atoms with van der Waals surface area (Å²) in [6.07, 6.45) is 0. The van der Waals surface area contributed by atoms with E-state index in [1.807, 2.05) is 0 Å². The van der Waals surface area contributed by atoms with E-state index in [1.54, 1.807) is 0 Å². The zero-order valence-corrected chi connectivity index (χ0v) is 6.49. The minimum Gasteiger partial charge on any atom is -0.417 e. The van der Waals surface area contributed by atoms with Crippen molar-refractivity contribution in [3.8, 4) is 5.75 Å². The maximum Gasteiger partial charge on any atom is 0.487 e. The predicted molar refractivity (Wildman–Crippen MR) is 37.8 cm³/mol. The summed E-state index contributed by atoms with van der Waals surface area (Å²) in [5.41, 5.74) is -3.87. The third-order valence-electron chi connectivity index (χ3n) is 1.06. The monoisotopic (exact) mass is 196 g/mol. The zero-order chi connectivity index (χ0) is 9.19. The van der Waals surface area contributed by atoms with Crippen molar-refractivity contribution in [3.63, 3.8) is 0 Å². The van der Waals surface area contributed by atoms with Crippen molar-refractivity contribution in [2.24, 2.45) is 0 Å². The molecule has 0 aliphatic heterocycles. The number of halogens is 4. The Hall–Kier alpha value is -0.900. The summed E-state index contributed by atoms with van der Waals surface area (Å²) >= 11 is 4.42. The summed E-state index contributed by atoms with van der Waals surface area (Å²) in [5.74, 6) is -1.45. The second kappa shape index (κ2) is 3.23. The number of ether oxygens (including phenoxy) is 1. The summed E-state index contributed by atoms with van der Waals surface area (Å²) in [7, 11) is 0. The molecule has 0 aliphatic carbocycles. The molecule has 0 unspecified atom stereocenters. The molecule has 12 heavy (non-hydrogen) atoms. The van der Waals surface area contributed by atoms with Crippen LogP contribution in [0.4, 0.5) is 13.2 Å². The normalized spacial score (nSPS) is 11.3. The SMILES string of the molecule is Fc1ccccc1OC(F)(F)Cl. The van der Waals surface area contributed by atoms with Crippen LogP contribution in [0.3, 0.4) is 0 Å². The van der Waals surface area contributed by atoms with Crippen LogP contribution in [0.15, 0.2) is 24.3 Å². The van der Waals surface area contributed by atoms with Gasteiger partial charge in [0.15, 0.2) is 11.6 Å². The molecule has 0 amide bonds. The summed E-state index contributed by atoms with van der Waals surface area (Å²) < 4.78 is 40.3. The number of hydrogen-bond acceptors (Lipinski definition) is 1. The molecule has 1 aromatic rings. The van der Waals surface area contributed by atoms with Gasteiger partial charge in [0.05, 0.1) is 0 Å². The third kappa shape index (κ3) is 2.62. The van der Waals surface area contributed by atoms with Crippen LogP contribution < -0.4 is 4.74 Å². The first-order valence-electron chi connectivity index (χ1n) is 2.99. The highest BCUT2D eigenvalue weighted by atomic mass is 35.5. The standard InChI is InChI=1S/C7H4ClF3O/c8-7(10,11)12-6-4-2-1-3-5(6)9/h1-4H. The van der Waals surface area contributed by atoms with E-state index in [0.717, 1.165) is 12.1 Å². The lowest BCUT2D eigenvalue weighted by Crippen LogP contribution is -2.16. The highest BCUT2D eigenvalue weighted by molar-refractivity contribution is 6.20. The summed E-state index contributed by atoms with van der Waals surface area (Å²) in [4.78, 5) is 0. The molecule has 0 aliphatic rings. The maximum absolute atomic E-state index is 12.6. The Labute approximate surface area is 71.7 Å². The van der Waals surface area contributed by atoms with Crippen LogP contribution in [0.1, 0.15) is 0 Å². The first-order chi connectivity index (χ1) is 5.49. The molecule has 0 saturated carbocycles. The quantitative estimate of drug-likeness (QED) is 0.661. The molecule has 0 N–H and O–H groups in total. The first-order valence-corrected chi connectivity index (χ1v) is 3.37. The highest BCUT2D eigenvalue weighted by Crippen LogP contribution is 2.26. The number of benzene rings is 1. The average molecular weight is 197 g/mol. The highest BCUT2D eigenvalue weighted by Gasteiger charge is 2.28. The fourth-order valence-electron chi connectivity index (χ4n) is 0.652. The van der Waals surface area contributed by atoms with Gasteiger partial charge < -0.3 is 4.74 Å². The number of para-hydroxylation sites is 1. The van der Waals surface area contributed by atoms with E-state index < -0.39 is 17.1 Å². The molecule has 1 nitrogen and oxygen atoms in total. The zero-order valence-electron chi connectivity index (χ0n) is 5.73. The third-order valence-corrected chi connectivity index (χ3v) is 1.14. The molecule has 1 aromatic carbocycles. The van der Waals surface area contributed by atoms with Gasteiger partial charge in [0, 0.05) is 11.6 Å². The van der Waals surface area contributed by atoms with Gasteiger partial charge in [-0.2, -0.15) is 0 Å². The van der Waals surface area contributed by atoms with Gasteiger partial charge in [-0.05, 0) is 12.1 Å². The van der Waals surface area contributed by atoms with Crippen LogP contribution in [-0.2, 0) is 0 Å². The van der Waals surface area contributed by atoms with E-state index in [0.29, 0.717) is 0 Å². The Kier molecular flexibility index (Phi) is 2.47. The van der Waals surface area contributed by atoms with Gasteiger partial charge in [0.2, 0.25) is 0 Å². The van der Waals surface area contributed by atoms with E-state index in [4.69, 9.17) is 0 Å². The van der Waals surface area contributed by atoms with Gasteiger partial charge in [-0.3, -0.25) is 0 Å². The molecule has 0 heterocycles. The van der Waals surface area contributed by atoms with Crippen LogP contribution in [0.2, 0.25) is 0 Å². The van der Waals surface area contributed by atoms with E-state index >= 15 is 0 Å². The van der Waals surface area contributed by atoms with E-state index in [1.165, 1.54) is 12.1 Å². The summed E-state index contributed by atoms with van der Waals surface area (Å²) in [6, 6.07) is 4.78. The number of hydrogen-bond donors (Lipinski definition) is 0. The van der Waals surface area contributed by atoms with E-state index in [2.05, 4.69) is 16.3 Å². The summed E-state index contributed by atoms with van der Waals surface area (Å²) in [5, 5.41) is 0. The molecule has 0 saturated heterocycles. The molecule has 0 fully saturated rings. The second-order valence-corrected chi connectivity index (χ2v) is 2.42. The molecule has 1 rings (SSSR count). The van der Waals surface area contributed by atoms with E-state index in [-0.39, 0.29) is 0 Å². The lowest BCUT2D eigenvalue weighted by molar-refractivity contribution is -0.0984.